The predicted octanol–water partition coefficient (Wildman–Crippen LogP) is 6.06. The normalized spacial score (nSPS) is 16.2. The van der Waals surface area contributed by atoms with Crippen molar-refractivity contribution in [2.75, 3.05) is 19.0 Å². The first kappa shape index (κ1) is 27.6. The summed E-state index contributed by atoms with van der Waals surface area (Å²) in [5.41, 5.74) is 4.73. The highest BCUT2D eigenvalue weighted by Gasteiger charge is 2.40. The van der Waals surface area contributed by atoms with Crippen LogP contribution in [0.3, 0.4) is 0 Å². The molecule has 0 spiro atoms. The molecule has 8 nitrogen and oxygen atoms in total. The maximum absolute atomic E-state index is 13.1. The molecule has 2 aliphatic rings. The third kappa shape index (κ3) is 5.28. The van der Waals surface area contributed by atoms with Crippen molar-refractivity contribution in [3.05, 3.63) is 81.1 Å². The van der Waals surface area contributed by atoms with Crippen molar-refractivity contribution in [3.63, 3.8) is 0 Å². The van der Waals surface area contributed by atoms with Crippen LogP contribution in [0, 0.1) is 0 Å². The molecule has 1 amide bonds. The predicted molar refractivity (Wildman–Crippen MR) is 154 cm³/mol. The van der Waals surface area contributed by atoms with Crippen LogP contribution >= 0.6 is 11.6 Å². The number of halogens is 1. The van der Waals surface area contributed by atoms with Gasteiger partial charge in [-0.15, -0.1) is 0 Å². The Kier molecular flexibility index (Phi) is 7.08. The monoisotopic (exact) mass is 561 g/mol. The van der Waals surface area contributed by atoms with Gasteiger partial charge in [0.25, 0.3) is 5.91 Å². The largest absolute Gasteiger partial charge is 0.490 e. The number of methoxy groups -OCH3 is 1. The van der Waals surface area contributed by atoms with E-state index < -0.39 is 23.0 Å². The molecule has 9 heteroatoms. The number of hydrogen-bond acceptors (Lipinski definition) is 7. The third-order valence-corrected chi connectivity index (χ3v) is 7.12. The minimum absolute atomic E-state index is 0.190. The summed E-state index contributed by atoms with van der Waals surface area (Å²) in [4.78, 5) is 34.9. The summed E-state index contributed by atoms with van der Waals surface area (Å²) in [5.74, 6) is 0.477. The van der Waals surface area contributed by atoms with Crippen LogP contribution in [0.5, 0.6) is 11.5 Å². The molecule has 3 aromatic rings. The van der Waals surface area contributed by atoms with E-state index in [9.17, 15) is 9.59 Å². The van der Waals surface area contributed by atoms with Gasteiger partial charge < -0.3 is 19.5 Å². The first-order chi connectivity index (χ1) is 18.9. The van der Waals surface area contributed by atoms with Gasteiger partial charge in [0.2, 0.25) is 0 Å². The van der Waals surface area contributed by atoms with Gasteiger partial charge in [-0.05, 0) is 76.9 Å². The van der Waals surface area contributed by atoms with Crippen LogP contribution in [0.1, 0.15) is 77.6 Å². The van der Waals surface area contributed by atoms with E-state index in [1.165, 1.54) is 19.4 Å². The lowest BCUT2D eigenvalue weighted by Crippen LogP contribution is -2.31. The first-order valence-corrected chi connectivity index (χ1v) is 13.6. The number of nitrogens with zero attached hydrogens (tertiary/aromatic N) is 2. The number of esters is 1. The molecule has 0 fully saturated rings. The summed E-state index contributed by atoms with van der Waals surface area (Å²) in [7, 11) is 1.30. The Bertz CT molecular complexity index is 1560. The molecular formula is C31H32ClN3O5. The number of hydrogen-bond donors (Lipinski definition) is 1. The fraction of sp³-hybridized carbons (Fsp3) is 0.355. The Hall–Kier alpha value is -3.91. The van der Waals surface area contributed by atoms with Gasteiger partial charge in [0.15, 0.2) is 11.5 Å². The Labute approximate surface area is 238 Å². The minimum atomic E-state index is -0.571. The second-order valence-corrected chi connectivity index (χ2v) is 11.6. The number of fused-ring (bicyclic) bond motifs is 3. The lowest BCUT2D eigenvalue weighted by molar-refractivity contribution is 0.0602. The SMILES string of the molecule is CCOc1cc2c(c3c1OC(C)(C)C3)C(c1ccc(C(=O)OC)c(NC(=O)c3ccnc(Cl)c3)c1)=NC(C)(C)C2. The smallest absolute Gasteiger partial charge is 0.339 e. The van der Waals surface area contributed by atoms with Gasteiger partial charge >= 0.3 is 5.97 Å². The van der Waals surface area contributed by atoms with Crippen molar-refractivity contribution >= 4 is 34.9 Å². The topological polar surface area (TPSA) is 99.1 Å². The molecular weight excluding hydrogens is 530 g/mol. The van der Waals surface area contributed by atoms with Crippen LogP contribution in [0.25, 0.3) is 0 Å². The van der Waals surface area contributed by atoms with Gasteiger partial charge in [-0.3, -0.25) is 9.79 Å². The Morgan fingerprint density at radius 1 is 1.10 bits per heavy atom. The van der Waals surface area contributed by atoms with Gasteiger partial charge in [0.1, 0.15) is 10.8 Å². The van der Waals surface area contributed by atoms with E-state index in [0.717, 1.165) is 45.9 Å². The minimum Gasteiger partial charge on any atom is -0.490 e. The number of amides is 1. The maximum Gasteiger partial charge on any atom is 0.339 e. The number of rotatable bonds is 6. The molecule has 1 aromatic heterocycles. The fourth-order valence-corrected chi connectivity index (χ4v) is 5.54. The summed E-state index contributed by atoms with van der Waals surface area (Å²) >= 11 is 5.99. The number of pyridine rings is 1. The fourth-order valence-electron chi connectivity index (χ4n) is 5.36. The van der Waals surface area contributed by atoms with Crippen LogP contribution in [0.2, 0.25) is 5.15 Å². The van der Waals surface area contributed by atoms with Crippen LogP contribution in [0.4, 0.5) is 5.69 Å². The zero-order valence-electron chi connectivity index (χ0n) is 23.5. The highest BCUT2D eigenvalue weighted by atomic mass is 35.5. The number of carbonyl (C=O) groups is 2. The summed E-state index contributed by atoms with van der Waals surface area (Å²) < 4.78 is 17.4. The highest BCUT2D eigenvalue weighted by Crippen LogP contribution is 2.48. The molecule has 0 radical (unpaired) electrons. The molecule has 2 aromatic carbocycles. The number of aliphatic imine (C=N–C) groups is 1. The average molecular weight is 562 g/mol. The molecule has 0 bridgehead atoms. The van der Waals surface area contributed by atoms with Gasteiger partial charge in [-0.25, -0.2) is 9.78 Å². The lowest BCUT2D eigenvalue weighted by Gasteiger charge is -2.31. The molecule has 0 saturated carbocycles. The summed E-state index contributed by atoms with van der Waals surface area (Å²) in [6.45, 7) is 10.8. The molecule has 0 atom stereocenters. The third-order valence-electron chi connectivity index (χ3n) is 6.92. The summed E-state index contributed by atoms with van der Waals surface area (Å²) in [6, 6.07) is 10.3. The summed E-state index contributed by atoms with van der Waals surface area (Å²) in [6.07, 6.45) is 2.87. The molecule has 2 aliphatic heterocycles. The van der Waals surface area contributed by atoms with Crippen LogP contribution in [0.15, 0.2) is 47.6 Å². The van der Waals surface area contributed by atoms with Gasteiger partial charge in [-0.2, -0.15) is 0 Å². The number of carbonyl (C=O) groups excluding carboxylic acids is 2. The van der Waals surface area contributed by atoms with Crippen molar-refractivity contribution in [2.45, 2.75) is 58.6 Å². The molecule has 0 aliphatic carbocycles. The molecule has 0 saturated heterocycles. The second kappa shape index (κ2) is 10.2. The molecule has 208 valence electrons. The number of aromatic nitrogens is 1. The molecule has 40 heavy (non-hydrogen) atoms. The van der Waals surface area contributed by atoms with Crippen molar-refractivity contribution in [3.8, 4) is 11.5 Å². The van der Waals surface area contributed by atoms with E-state index >= 15 is 0 Å². The number of ether oxygens (including phenoxy) is 3. The molecule has 3 heterocycles. The van der Waals surface area contributed by atoms with Gasteiger partial charge in [-0.1, -0.05) is 17.7 Å². The number of benzene rings is 2. The van der Waals surface area contributed by atoms with E-state index in [1.807, 2.05) is 13.0 Å². The van der Waals surface area contributed by atoms with E-state index in [4.69, 9.17) is 30.8 Å². The highest BCUT2D eigenvalue weighted by molar-refractivity contribution is 6.29. The van der Waals surface area contributed by atoms with E-state index in [-0.39, 0.29) is 10.7 Å². The Morgan fingerprint density at radius 2 is 1.88 bits per heavy atom. The zero-order valence-corrected chi connectivity index (χ0v) is 24.2. The van der Waals surface area contributed by atoms with Crippen LogP contribution in [-0.2, 0) is 17.6 Å². The van der Waals surface area contributed by atoms with Crippen LogP contribution < -0.4 is 14.8 Å². The Morgan fingerprint density at radius 3 is 2.58 bits per heavy atom. The van der Waals surface area contributed by atoms with E-state index in [0.29, 0.717) is 24.3 Å². The number of nitrogens with one attached hydrogen (secondary N) is 1. The first-order valence-electron chi connectivity index (χ1n) is 13.2. The zero-order chi connectivity index (χ0) is 28.8. The average Bonchev–Trinajstić information content (AvgIpc) is 3.22. The summed E-state index contributed by atoms with van der Waals surface area (Å²) in [5, 5.41) is 3.05. The van der Waals surface area contributed by atoms with Gasteiger partial charge in [0.05, 0.1) is 36.2 Å². The second-order valence-electron chi connectivity index (χ2n) is 11.2. The molecule has 5 rings (SSSR count). The van der Waals surface area contributed by atoms with Crippen molar-refractivity contribution < 1.29 is 23.8 Å². The van der Waals surface area contributed by atoms with Crippen molar-refractivity contribution in [1.82, 2.24) is 4.98 Å². The van der Waals surface area contributed by atoms with Gasteiger partial charge in [0, 0.05) is 34.9 Å². The van der Waals surface area contributed by atoms with Crippen molar-refractivity contribution in [1.29, 1.82) is 0 Å². The van der Waals surface area contributed by atoms with E-state index in [1.54, 1.807) is 18.2 Å². The van der Waals surface area contributed by atoms with E-state index in [2.05, 4.69) is 44.1 Å². The molecule has 1 N–H and O–H groups in total. The Balaban J connectivity index is 1.66. The molecule has 0 unspecified atom stereocenters. The standard InChI is InChI=1S/C31H32ClN3O5/c1-7-39-23-13-19-15-30(2,3)35-26(25(19)21-16-31(4,5)40-27(21)23)17-8-9-20(29(37)38-6)22(12-17)34-28(36)18-10-11-33-24(32)14-18/h8-14H,7,15-16H2,1-6H3,(H,34,36). The van der Waals surface area contributed by atoms with Crippen LogP contribution in [-0.4, -0.2) is 47.4 Å². The number of anilines is 1. The maximum atomic E-state index is 13.1. The lowest BCUT2D eigenvalue weighted by atomic mass is 9.80. The quantitative estimate of drug-likeness (QED) is 0.290. The van der Waals surface area contributed by atoms with Crippen molar-refractivity contribution in [2.24, 2.45) is 4.99 Å².